The lowest BCUT2D eigenvalue weighted by Gasteiger charge is -2.25. The Labute approximate surface area is 241 Å². The van der Waals surface area contributed by atoms with E-state index in [2.05, 4.69) is 4.98 Å². The summed E-state index contributed by atoms with van der Waals surface area (Å²) in [5, 5.41) is 0.942. The van der Waals surface area contributed by atoms with Crippen molar-refractivity contribution in [1.82, 2.24) is 9.97 Å². The third-order valence-corrected chi connectivity index (χ3v) is 8.13. The van der Waals surface area contributed by atoms with Gasteiger partial charge in [0.15, 0.2) is 6.29 Å². The minimum atomic E-state index is -4.02. The third-order valence-electron chi connectivity index (χ3n) is 6.79. The first-order valence-electron chi connectivity index (χ1n) is 13.7. The quantitative estimate of drug-likeness (QED) is 0.163. The van der Waals surface area contributed by atoms with Crippen molar-refractivity contribution in [3.63, 3.8) is 0 Å². The van der Waals surface area contributed by atoms with Gasteiger partial charge in [-0.2, -0.15) is 8.42 Å². The molecule has 3 heterocycles. The van der Waals surface area contributed by atoms with Crippen LogP contribution in [0.15, 0.2) is 71.8 Å². The van der Waals surface area contributed by atoms with Crippen molar-refractivity contribution in [3.8, 4) is 22.8 Å². The predicted molar refractivity (Wildman–Crippen MR) is 158 cm³/mol. The molecule has 10 heteroatoms. The van der Waals surface area contributed by atoms with Gasteiger partial charge in [-0.1, -0.05) is 18.2 Å². The van der Waals surface area contributed by atoms with Crippen LogP contribution in [-0.4, -0.2) is 58.6 Å². The van der Waals surface area contributed by atoms with Gasteiger partial charge >= 0.3 is 10.1 Å². The standard InChI is InChI=1S/C31H35N3O6S/c1-22-8-6-9-28(31(22)40-30-10-4-5-17-38-30)41(35,36)39-19-7-18-37-25-13-15-26-23(20-25)11-14-27(33-26)24-12-16-29(32-21-24)34(2)3/h6,8-9,11-16,20-21,30H,4-5,7,10,17-19H2,1-3H3. The van der Waals surface area contributed by atoms with E-state index in [4.69, 9.17) is 23.4 Å². The van der Waals surface area contributed by atoms with E-state index in [9.17, 15) is 8.42 Å². The molecule has 1 aliphatic rings. The molecule has 1 aliphatic heterocycles. The second-order valence-corrected chi connectivity index (χ2v) is 11.7. The van der Waals surface area contributed by atoms with E-state index in [1.807, 2.05) is 80.6 Å². The molecule has 1 atom stereocenters. The van der Waals surface area contributed by atoms with Crippen LogP contribution >= 0.6 is 0 Å². The zero-order chi connectivity index (χ0) is 28.8. The number of para-hydroxylation sites is 1. The number of aryl methyl sites for hydroxylation is 1. The molecular weight excluding hydrogens is 542 g/mol. The van der Waals surface area contributed by atoms with Gasteiger partial charge in [-0.3, -0.25) is 4.18 Å². The van der Waals surface area contributed by atoms with Crippen LogP contribution in [-0.2, 0) is 19.0 Å². The summed E-state index contributed by atoms with van der Waals surface area (Å²) in [7, 11) is -0.115. The van der Waals surface area contributed by atoms with Crippen molar-refractivity contribution in [2.75, 3.05) is 38.8 Å². The highest BCUT2D eigenvalue weighted by atomic mass is 32.2. The monoisotopic (exact) mass is 577 g/mol. The molecule has 216 valence electrons. The van der Waals surface area contributed by atoms with Gasteiger partial charge in [0, 0.05) is 44.1 Å². The number of nitrogens with zero attached hydrogens (tertiary/aromatic N) is 3. The van der Waals surface area contributed by atoms with Crippen molar-refractivity contribution in [3.05, 3.63) is 72.4 Å². The second-order valence-electron chi connectivity index (χ2n) is 10.1. The smallest absolute Gasteiger partial charge is 0.300 e. The van der Waals surface area contributed by atoms with Gasteiger partial charge in [-0.05, 0) is 67.8 Å². The van der Waals surface area contributed by atoms with Gasteiger partial charge < -0.3 is 19.1 Å². The third kappa shape index (κ3) is 7.13. The Bertz CT molecular complexity index is 1590. The zero-order valence-corrected chi connectivity index (χ0v) is 24.4. The van der Waals surface area contributed by atoms with Crippen LogP contribution in [0.3, 0.4) is 0 Å². The van der Waals surface area contributed by atoms with Crippen molar-refractivity contribution < 1.29 is 26.8 Å². The molecule has 1 fully saturated rings. The molecule has 4 aromatic rings. The largest absolute Gasteiger partial charge is 0.493 e. The summed E-state index contributed by atoms with van der Waals surface area (Å²) < 4.78 is 48.8. The van der Waals surface area contributed by atoms with Gasteiger partial charge in [0.2, 0.25) is 0 Å². The Morgan fingerprint density at radius 3 is 2.66 bits per heavy atom. The molecule has 1 unspecified atom stereocenters. The molecule has 0 aliphatic carbocycles. The summed E-state index contributed by atoms with van der Waals surface area (Å²) in [6, 6.07) is 18.6. The summed E-state index contributed by atoms with van der Waals surface area (Å²) in [5.41, 5.74) is 3.34. The first-order chi connectivity index (χ1) is 19.8. The van der Waals surface area contributed by atoms with Crippen LogP contribution in [0, 0.1) is 6.92 Å². The maximum Gasteiger partial charge on any atom is 0.300 e. The van der Waals surface area contributed by atoms with Crippen molar-refractivity contribution in [1.29, 1.82) is 0 Å². The second kappa shape index (κ2) is 12.8. The summed E-state index contributed by atoms with van der Waals surface area (Å²) >= 11 is 0. The number of hydrogen-bond acceptors (Lipinski definition) is 9. The molecule has 0 radical (unpaired) electrons. The van der Waals surface area contributed by atoms with Crippen molar-refractivity contribution >= 4 is 26.8 Å². The van der Waals surface area contributed by atoms with Crippen molar-refractivity contribution in [2.45, 2.75) is 43.8 Å². The van der Waals surface area contributed by atoms with Crippen LogP contribution in [0.2, 0.25) is 0 Å². The number of ether oxygens (including phenoxy) is 3. The van der Waals surface area contributed by atoms with Gasteiger partial charge in [-0.25, -0.2) is 9.97 Å². The lowest BCUT2D eigenvalue weighted by atomic mass is 10.1. The topological polar surface area (TPSA) is 100 Å². The molecule has 5 rings (SSSR count). The van der Waals surface area contributed by atoms with E-state index in [1.165, 1.54) is 6.07 Å². The molecule has 2 aromatic carbocycles. The van der Waals surface area contributed by atoms with Gasteiger partial charge in [0.05, 0.1) is 31.0 Å². The van der Waals surface area contributed by atoms with E-state index >= 15 is 0 Å². The molecule has 9 nitrogen and oxygen atoms in total. The number of fused-ring (bicyclic) bond motifs is 1. The van der Waals surface area contributed by atoms with E-state index in [0.717, 1.165) is 47.2 Å². The molecule has 1 saturated heterocycles. The maximum absolute atomic E-state index is 13.0. The Morgan fingerprint density at radius 1 is 1.02 bits per heavy atom. The van der Waals surface area contributed by atoms with Crippen molar-refractivity contribution in [2.24, 2.45) is 0 Å². The highest BCUT2D eigenvalue weighted by Gasteiger charge is 2.25. The van der Waals surface area contributed by atoms with Gasteiger partial charge in [-0.15, -0.1) is 0 Å². The Kier molecular flexibility index (Phi) is 9.02. The fourth-order valence-electron chi connectivity index (χ4n) is 4.55. The molecule has 0 saturated carbocycles. The zero-order valence-electron chi connectivity index (χ0n) is 23.6. The number of hydrogen-bond donors (Lipinski definition) is 0. The molecule has 0 amide bonds. The number of aromatic nitrogens is 2. The molecule has 0 bridgehead atoms. The van der Waals surface area contributed by atoms with E-state index in [1.54, 1.807) is 6.07 Å². The SMILES string of the molecule is Cc1cccc(S(=O)(=O)OCCCOc2ccc3nc(-c4ccc(N(C)C)nc4)ccc3c2)c1OC1CCCCO1. The van der Waals surface area contributed by atoms with Crippen LogP contribution in [0.5, 0.6) is 11.5 Å². The lowest BCUT2D eigenvalue weighted by Crippen LogP contribution is -2.26. The number of benzene rings is 2. The van der Waals surface area contributed by atoms with Crippen LogP contribution < -0.4 is 14.4 Å². The number of pyridine rings is 2. The van der Waals surface area contributed by atoms with E-state index in [0.29, 0.717) is 30.9 Å². The average Bonchev–Trinajstić information content (AvgIpc) is 2.98. The first-order valence-corrected chi connectivity index (χ1v) is 15.2. The Hall–Kier alpha value is -3.73. The fraction of sp³-hybridized carbons (Fsp3) is 0.355. The molecule has 0 spiro atoms. The van der Waals surface area contributed by atoms with Crippen LogP contribution in [0.4, 0.5) is 5.82 Å². The predicted octanol–water partition coefficient (Wildman–Crippen LogP) is 5.75. The summed E-state index contributed by atoms with van der Waals surface area (Å²) in [5.74, 6) is 1.84. The first kappa shape index (κ1) is 28.8. The summed E-state index contributed by atoms with van der Waals surface area (Å²) in [6.07, 6.45) is 4.43. The minimum Gasteiger partial charge on any atom is -0.493 e. The average molecular weight is 578 g/mol. The Morgan fingerprint density at radius 2 is 1.90 bits per heavy atom. The highest BCUT2D eigenvalue weighted by Crippen LogP contribution is 2.32. The molecule has 0 N–H and O–H groups in total. The van der Waals surface area contributed by atoms with Crippen LogP contribution in [0.1, 0.15) is 31.2 Å². The van der Waals surface area contributed by atoms with Gasteiger partial charge in [0.25, 0.3) is 0 Å². The summed E-state index contributed by atoms with van der Waals surface area (Å²) in [4.78, 5) is 11.2. The molecule has 41 heavy (non-hydrogen) atoms. The number of anilines is 1. The fourth-order valence-corrected chi connectivity index (χ4v) is 5.69. The maximum atomic E-state index is 13.0. The highest BCUT2D eigenvalue weighted by molar-refractivity contribution is 7.86. The Balaban J connectivity index is 1.15. The van der Waals surface area contributed by atoms with Gasteiger partial charge in [0.1, 0.15) is 22.2 Å². The molecule has 2 aromatic heterocycles. The number of rotatable bonds is 11. The molecular formula is C31H35N3O6S. The minimum absolute atomic E-state index is 0.0124. The van der Waals surface area contributed by atoms with E-state index in [-0.39, 0.29) is 17.3 Å². The lowest BCUT2D eigenvalue weighted by molar-refractivity contribution is -0.107. The van der Waals surface area contributed by atoms with Crippen LogP contribution in [0.25, 0.3) is 22.2 Å². The van der Waals surface area contributed by atoms with E-state index < -0.39 is 16.4 Å². The normalized spacial score (nSPS) is 15.5. The summed E-state index contributed by atoms with van der Waals surface area (Å²) in [6.45, 7) is 2.69.